The summed E-state index contributed by atoms with van der Waals surface area (Å²) in [5.74, 6) is 0.142. The Balaban J connectivity index is 3.97. The Morgan fingerprint density at radius 2 is 2.18 bits per heavy atom. The zero-order valence-corrected chi connectivity index (χ0v) is 7.00. The highest BCUT2D eigenvalue weighted by atomic mass is 16.5. The molecule has 0 radical (unpaired) electrons. The third-order valence-electron chi connectivity index (χ3n) is 0.932. The van der Waals surface area contributed by atoms with E-state index in [0.29, 0.717) is 6.61 Å². The zero-order chi connectivity index (χ0) is 8.85. The van der Waals surface area contributed by atoms with Gasteiger partial charge in [0.05, 0.1) is 6.61 Å². The molecule has 0 aliphatic heterocycles. The quantitative estimate of drug-likeness (QED) is 0.432. The minimum atomic E-state index is -0.654. The molecule has 0 spiro atoms. The van der Waals surface area contributed by atoms with E-state index in [1.165, 1.54) is 4.90 Å². The highest BCUT2D eigenvalue weighted by molar-refractivity contribution is 5.88. The first kappa shape index (κ1) is 9.74. The van der Waals surface area contributed by atoms with Crippen molar-refractivity contribution in [2.45, 2.75) is 6.92 Å². The Bertz CT molecular complexity index is 165. The van der Waals surface area contributed by atoms with E-state index in [1.807, 2.05) is 0 Å². The fraction of sp³-hybridized carbons (Fsp3) is 0.667. The Morgan fingerprint density at radius 3 is 2.55 bits per heavy atom. The lowest BCUT2D eigenvalue weighted by molar-refractivity contribution is 0.163. The van der Waals surface area contributed by atoms with Crippen LogP contribution in [0.1, 0.15) is 6.92 Å². The first-order valence-electron chi connectivity index (χ1n) is 3.26. The predicted octanol–water partition coefficient (Wildman–Crippen LogP) is 0.0192. The summed E-state index contributed by atoms with van der Waals surface area (Å²) in [7, 11) is 3.39. The van der Waals surface area contributed by atoms with Crippen LogP contribution in [0.5, 0.6) is 0 Å². The minimum Gasteiger partial charge on any atom is -0.448 e. The van der Waals surface area contributed by atoms with Crippen LogP contribution in [0.2, 0.25) is 0 Å². The number of carbonyl (C=O) groups is 1. The summed E-state index contributed by atoms with van der Waals surface area (Å²) >= 11 is 0. The van der Waals surface area contributed by atoms with Crippen LogP contribution in [0.25, 0.3) is 0 Å². The van der Waals surface area contributed by atoms with E-state index in [1.54, 1.807) is 21.0 Å². The molecule has 0 aromatic carbocycles. The average Bonchev–Trinajstić information content (AvgIpc) is 1.87. The van der Waals surface area contributed by atoms with Gasteiger partial charge in [-0.1, -0.05) is 0 Å². The number of hydrogen-bond acceptors (Lipinski definition) is 2. The van der Waals surface area contributed by atoms with Crippen LogP contribution in [-0.4, -0.2) is 37.7 Å². The normalized spacial score (nSPS) is 11.0. The molecule has 64 valence electrons. The van der Waals surface area contributed by atoms with Crippen LogP contribution >= 0.6 is 0 Å². The molecule has 0 saturated carbocycles. The van der Waals surface area contributed by atoms with Gasteiger partial charge in [-0.3, -0.25) is 0 Å². The van der Waals surface area contributed by atoms with Gasteiger partial charge in [0.25, 0.3) is 0 Å². The average molecular weight is 159 g/mol. The summed E-state index contributed by atoms with van der Waals surface area (Å²) < 4.78 is 4.53. The van der Waals surface area contributed by atoms with Gasteiger partial charge >= 0.3 is 6.09 Å². The molecule has 0 unspecified atom stereocenters. The number of guanidine groups is 1. The predicted molar refractivity (Wildman–Crippen MR) is 42.3 cm³/mol. The molecule has 0 saturated heterocycles. The Kier molecular flexibility index (Phi) is 4.02. The molecule has 0 bridgehead atoms. The van der Waals surface area contributed by atoms with Crippen molar-refractivity contribution in [3.63, 3.8) is 0 Å². The lowest BCUT2D eigenvalue weighted by Crippen LogP contribution is -2.31. The van der Waals surface area contributed by atoms with Crippen molar-refractivity contribution in [1.82, 2.24) is 4.90 Å². The van der Waals surface area contributed by atoms with Crippen molar-refractivity contribution in [3.05, 3.63) is 0 Å². The van der Waals surface area contributed by atoms with Gasteiger partial charge in [-0.25, -0.2) is 4.79 Å². The summed E-state index contributed by atoms with van der Waals surface area (Å²) in [5.41, 5.74) is 5.32. The fourth-order valence-corrected chi connectivity index (χ4v) is 0.349. The van der Waals surface area contributed by atoms with E-state index in [0.717, 1.165) is 0 Å². The number of ether oxygens (including phenoxy) is 1. The van der Waals surface area contributed by atoms with Crippen LogP contribution in [0.4, 0.5) is 4.79 Å². The molecule has 5 heteroatoms. The van der Waals surface area contributed by atoms with Crippen LogP contribution < -0.4 is 5.73 Å². The van der Waals surface area contributed by atoms with Crippen LogP contribution in [0, 0.1) is 0 Å². The number of aliphatic imine (C=N–C) groups is 1. The first-order chi connectivity index (χ1) is 5.07. The van der Waals surface area contributed by atoms with Crippen molar-refractivity contribution >= 4 is 12.1 Å². The Hall–Kier alpha value is -1.26. The highest BCUT2D eigenvalue weighted by Gasteiger charge is 2.00. The number of carbonyl (C=O) groups excluding carboxylic acids is 1. The van der Waals surface area contributed by atoms with E-state index in [-0.39, 0.29) is 5.96 Å². The topological polar surface area (TPSA) is 67.9 Å². The van der Waals surface area contributed by atoms with E-state index in [4.69, 9.17) is 5.73 Å². The summed E-state index contributed by atoms with van der Waals surface area (Å²) in [6, 6.07) is 0. The van der Waals surface area contributed by atoms with Crippen molar-refractivity contribution in [2.24, 2.45) is 10.7 Å². The minimum absolute atomic E-state index is 0.142. The van der Waals surface area contributed by atoms with Gasteiger partial charge in [0.2, 0.25) is 5.96 Å². The van der Waals surface area contributed by atoms with E-state index in [9.17, 15) is 4.79 Å². The van der Waals surface area contributed by atoms with Crippen LogP contribution in [0.3, 0.4) is 0 Å². The molecule has 5 nitrogen and oxygen atoms in total. The summed E-state index contributed by atoms with van der Waals surface area (Å²) in [4.78, 5) is 15.6. The zero-order valence-electron chi connectivity index (χ0n) is 7.00. The van der Waals surface area contributed by atoms with Crippen molar-refractivity contribution in [2.75, 3.05) is 20.7 Å². The first-order valence-corrected chi connectivity index (χ1v) is 3.26. The van der Waals surface area contributed by atoms with Gasteiger partial charge in [0.1, 0.15) is 0 Å². The number of rotatable bonds is 1. The van der Waals surface area contributed by atoms with E-state index < -0.39 is 6.09 Å². The molecule has 2 N–H and O–H groups in total. The van der Waals surface area contributed by atoms with Gasteiger partial charge in [-0.15, -0.1) is 4.99 Å². The molecule has 0 atom stereocenters. The fourth-order valence-electron chi connectivity index (χ4n) is 0.349. The maximum Gasteiger partial charge on any atom is 0.436 e. The lowest BCUT2D eigenvalue weighted by atomic mass is 10.8. The van der Waals surface area contributed by atoms with Gasteiger partial charge in [0, 0.05) is 14.1 Å². The SMILES string of the molecule is CCOC(=O)/N=C(\N)N(C)C. The Labute approximate surface area is 65.8 Å². The van der Waals surface area contributed by atoms with Crippen molar-refractivity contribution in [3.8, 4) is 0 Å². The molecular weight excluding hydrogens is 146 g/mol. The molecule has 11 heavy (non-hydrogen) atoms. The number of nitrogens with zero attached hydrogens (tertiary/aromatic N) is 2. The molecule has 0 aliphatic carbocycles. The standard InChI is InChI=1S/C6H13N3O2/c1-4-11-6(10)8-5(7)9(2)3/h4H2,1-3H3,(H2,7,8,10). The third-order valence-corrected chi connectivity index (χ3v) is 0.932. The third kappa shape index (κ3) is 4.19. The highest BCUT2D eigenvalue weighted by Crippen LogP contribution is 1.84. The molecule has 0 aliphatic rings. The van der Waals surface area contributed by atoms with Crippen molar-refractivity contribution < 1.29 is 9.53 Å². The van der Waals surface area contributed by atoms with Crippen LogP contribution in [0.15, 0.2) is 4.99 Å². The lowest BCUT2D eigenvalue weighted by Gasteiger charge is -2.08. The number of amides is 1. The molecular formula is C6H13N3O2. The summed E-state index contributed by atoms with van der Waals surface area (Å²) in [6.45, 7) is 2.02. The van der Waals surface area contributed by atoms with Gasteiger partial charge in [-0.2, -0.15) is 0 Å². The monoisotopic (exact) mass is 159 g/mol. The van der Waals surface area contributed by atoms with Gasteiger partial charge in [0.15, 0.2) is 0 Å². The van der Waals surface area contributed by atoms with Crippen LogP contribution in [-0.2, 0) is 4.74 Å². The second-order valence-corrected chi connectivity index (χ2v) is 2.06. The molecule has 0 rings (SSSR count). The molecule has 0 aromatic rings. The maximum atomic E-state index is 10.6. The second-order valence-electron chi connectivity index (χ2n) is 2.06. The van der Waals surface area contributed by atoms with E-state index in [2.05, 4.69) is 9.73 Å². The number of hydrogen-bond donors (Lipinski definition) is 1. The van der Waals surface area contributed by atoms with E-state index >= 15 is 0 Å². The molecule has 0 aromatic heterocycles. The van der Waals surface area contributed by atoms with Gasteiger partial charge in [-0.05, 0) is 6.92 Å². The second kappa shape index (κ2) is 4.54. The molecule has 0 fully saturated rings. The van der Waals surface area contributed by atoms with Crippen molar-refractivity contribution in [1.29, 1.82) is 0 Å². The smallest absolute Gasteiger partial charge is 0.436 e. The summed E-state index contributed by atoms with van der Waals surface area (Å²) in [5, 5.41) is 0. The van der Waals surface area contributed by atoms with Gasteiger partial charge < -0.3 is 15.4 Å². The Morgan fingerprint density at radius 1 is 1.64 bits per heavy atom. The molecule has 1 amide bonds. The largest absolute Gasteiger partial charge is 0.448 e. The molecule has 0 heterocycles. The summed E-state index contributed by atoms with van der Waals surface area (Å²) in [6.07, 6.45) is -0.654. The number of nitrogens with two attached hydrogens (primary N) is 1. The maximum absolute atomic E-state index is 10.6.